The minimum atomic E-state index is -0.823. The Morgan fingerprint density at radius 3 is 2.15 bits per heavy atom. The third-order valence-electron chi connectivity index (χ3n) is 3.33. The van der Waals surface area contributed by atoms with E-state index in [0.717, 1.165) is 11.1 Å². The van der Waals surface area contributed by atoms with E-state index in [4.69, 9.17) is 0 Å². The fourth-order valence-electron chi connectivity index (χ4n) is 2.21. The molecule has 0 saturated carbocycles. The van der Waals surface area contributed by atoms with Gasteiger partial charge in [0.2, 0.25) is 0 Å². The molecule has 2 N–H and O–H groups in total. The number of carbonyl (C=O) groups is 1. The highest BCUT2D eigenvalue weighted by Crippen LogP contribution is 2.13. The number of rotatable bonds is 6. The molecule has 0 heterocycles. The summed E-state index contributed by atoms with van der Waals surface area (Å²) in [4.78, 5) is 11.4. The van der Waals surface area contributed by atoms with E-state index in [1.165, 1.54) is 0 Å². The van der Waals surface area contributed by atoms with Crippen LogP contribution in [0, 0.1) is 0 Å². The third kappa shape index (κ3) is 3.93. The predicted molar refractivity (Wildman–Crippen MR) is 79.6 cm³/mol. The van der Waals surface area contributed by atoms with Crippen molar-refractivity contribution in [2.24, 2.45) is 0 Å². The summed E-state index contributed by atoms with van der Waals surface area (Å²) in [6, 6.07) is 19.0. The summed E-state index contributed by atoms with van der Waals surface area (Å²) in [7, 11) is 0. The van der Waals surface area contributed by atoms with E-state index in [2.05, 4.69) is 5.32 Å². The fourth-order valence-corrected chi connectivity index (χ4v) is 2.21. The molecule has 2 aromatic rings. The Morgan fingerprint density at radius 1 is 1.05 bits per heavy atom. The Labute approximate surface area is 119 Å². The first kappa shape index (κ1) is 14.3. The van der Waals surface area contributed by atoms with Crippen molar-refractivity contribution in [3.8, 4) is 0 Å². The molecule has 0 spiro atoms. The van der Waals surface area contributed by atoms with Crippen LogP contribution in [0.25, 0.3) is 0 Å². The molecule has 3 nitrogen and oxygen atoms in total. The highest BCUT2D eigenvalue weighted by molar-refractivity contribution is 5.74. The maximum atomic E-state index is 11.4. The monoisotopic (exact) mass is 269 g/mol. The molecular formula is C17H19NO2. The van der Waals surface area contributed by atoms with Crippen LogP contribution in [-0.2, 0) is 11.2 Å². The zero-order chi connectivity index (χ0) is 14.4. The van der Waals surface area contributed by atoms with Crippen LogP contribution in [0.5, 0.6) is 0 Å². The molecule has 1 unspecified atom stereocenters. The van der Waals surface area contributed by atoms with Crippen molar-refractivity contribution in [3.05, 3.63) is 71.8 Å². The molecule has 0 aliphatic carbocycles. The molecule has 2 rings (SSSR count). The fraction of sp³-hybridized carbons (Fsp3) is 0.235. The Balaban J connectivity index is 2.05. The number of hydrogen-bond acceptors (Lipinski definition) is 2. The topological polar surface area (TPSA) is 49.3 Å². The normalized spacial score (nSPS) is 13.7. The summed E-state index contributed by atoms with van der Waals surface area (Å²) < 4.78 is 0. The maximum Gasteiger partial charge on any atom is 0.321 e. The Morgan fingerprint density at radius 2 is 1.60 bits per heavy atom. The van der Waals surface area contributed by atoms with Crippen LogP contribution in [0.1, 0.15) is 24.1 Å². The van der Waals surface area contributed by atoms with E-state index in [1.54, 1.807) is 0 Å². The van der Waals surface area contributed by atoms with E-state index in [1.807, 2.05) is 67.6 Å². The number of carboxylic acid groups (broad SMARTS) is 1. The minimum Gasteiger partial charge on any atom is -0.480 e. The van der Waals surface area contributed by atoms with Gasteiger partial charge in [-0.3, -0.25) is 10.1 Å². The van der Waals surface area contributed by atoms with Crippen LogP contribution in [0.2, 0.25) is 0 Å². The van der Waals surface area contributed by atoms with Crippen molar-refractivity contribution in [1.82, 2.24) is 5.32 Å². The standard InChI is InChI=1S/C17H19NO2/c1-13(15-10-6-3-7-11-15)18-16(17(19)20)12-14-8-4-2-5-9-14/h2-11,13,16,18H,12H2,1H3,(H,19,20)/t13?,16-/m1/s1. The van der Waals surface area contributed by atoms with Gasteiger partial charge in [-0.25, -0.2) is 0 Å². The average molecular weight is 269 g/mol. The molecule has 0 saturated heterocycles. The number of aliphatic carboxylic acids is 1. The molecule has 0 radical (unpaired) electrons. The van der Waals surface area contributed by atoms with E-state index in [-0.39, 0.29) is 6.04 Å². The minimum absolute atomic E-state index is 0.000937. The summed E-state index contributed by atoms with van der Waals surface area (Å²) >= 11 is 0. The van der Waals surface area contributed by atoms with Gasteiger partial charge in [0.15, 0.2) is 0 Å². The average Bonchev–Trinajstić information content (AvgIpc) is 2.48. The zero-order valence-electron chi connectivity index (χ0n) is 11.5. The van der Waals surface area contributed by atoms with Crippen molar-refractivity contribution in [3.63, 3.8) is 0 Å². The van der Waals surface area contributed by atoms with Crippen LogP contribution < -0.4 is 5.32 Å². The van der Waals surface area contributed by atoms with Gasteiger partial charge in [0.1, 0.15) is 6.04 Å². The maximum absolute atomic E-state index is 11.4. The Hall–Kier alpha value is -2.13. The van der Waals surface area contributed by atoms with Gasteiger partial charge in [-0.2, -0.15) is 0 Å². The lowest BCUT2D eigenvalue weighted by Crippen LogP contribution is -2.40. The van der Waals surface area contributed by atoms with Gasteiger partial charge < -0.3 is 5.11 Å². The summed E-state index contributed by atoms with van der Waals surface area (Å²) in [5, 5.41) is 12.5. The second-order valence-corrected chi connectivity index (χ2v) is 4.88. The van der Waals surface area contributed by atoms with E-state index < -0.39 is 12.0 Å². The SMILES string of the molecule is CC(N[C@H](Cc1ccccc1)C(=O)O)c1ccccc1. The van der Waals surface area contributed by atoms with Crippen molar-refractivity contribution in [2.75, 3.05) is 0 Å². The van der Waals surface area contributed by atoms with Crippen LogP contribution in [0.3, 0.4) is 0 Å². The lowest BCUT2D eigenvalue weighted by Gasteiger charge is -2.20. The highest BCUT2D eigenvalue weighted by atomic mass is 16.4. The van der Waals surface area contributed by atoms with Crippen molar-refractivity contribution >= 4 is 5.97 Å². The van der Waals surface area contributed by atoms with Gasteiger partial charge >= 0.3 is 5.97 Å². The number of benzene rings is 2. The zero-order valence-corrected chi connectivity index (χ0v) is 11.5. The van der Waals surface area contributed by atoms with Gasteiger partial charge in [-0.1, -0.05) is 60.7 Å². The second-order valence-electron chi connectivity index (χ2n) is 4.88. The molecule has 2 aromatic carbocycles. The van der Waals surface area contributed by atoms with Crippen LogP contribution >= 0.6 is 0 Å². The molecule has 0 fully saturated rings. The molecule has 0 aliphatic heterocycles. The molecule has 3 heteroatoms. The molecule has 2 atom stereocenters. The van der Waals surface area contributed by atoms with Crippen molar-refractivity contribution in [1.29, 1.82) is 0 Å². The summed E-state index contributed by atoms with van der Waals surface area (Å²) in [6.07, 6.45) is 0.480. The molecular weight excluding hydrogens is 250 g/mol. The van der Waals surface area contributed by atoms with Crippen molar-refractivity contribution < 1.29 is 9.90 Å². The number of nitrogens with one attached hydrogen (secondary N) is 1. The molecule has 0 aliphatic rings. The summed E-state index contributed by atoms with van der Waals surface area (Å²) in [5.41, 5.74) is 2.11. The van der Waals surface area contributed by atoms with Crippen LogP contribution in [0.15, 0.2) is 60.7 Å². The van der Waals surface area contributed by atoms with Crippen LogP contribution in [-0.4, -0.2) is 17.1 Å². The highest BCUT2D eigenvalue weighted by Gasteiger charge is 2.20. The van der Waals surface area contributed by atoms with Gasteiger partial charge in [0.25, 0.3) is 0 Å². The lowest BCUT2D eigenvalue weighted by atomic mass is 10.0. The number of carboxylic acids is 1. The molecule has 0 amide bonds. The predicted octanol–water partition coefficient (Wildman–Crippen LogP) is 3.03. The van der Waals surface area contributed by atoms with Gasteiger partial charge in [-0.05, 0) is 24.5 Å². The molecule has 0 bridgehead atoms. The Bertz CT molecular complexity index is 539. The number of hydrogen-bond donors (Lipinski definition) is 2. The van der Waals surface area contributed by atoms with Gasteiger partial charge in [0.05, 0.1) is 0 Å². The van der Waals surface area contributed by atoms with Crippen LogP contribution in [0.4, 0.5) is 0 Å². The molecule has 0 aromatic heterocycles. The van der Waals surface area contributed by atoms with E-state index >= 15 is 0 Å². The largest absolute Gasteiger partial charge is 0.480 e. The quantitative estimate of drug-likeness (QED) is 0.847. The summed E-state index contributed by atoms with van der Waals surface area (Å²) in [5.74, 6) is -0.823. The van der Waals surface area contributed by atoms with E-state index in [9.17, 15) is 9.90 Å². The molecule has 104 valence electrons. The smallest absolute Gasteiger partial charge is 0.321 e. The van der Waals surface area contributed by atoms with Crippen molar-refractivity contribution in [2.45, 2.75) is 25.4 Å². The first-order chi connectivity index (χ1) is 9.66. The summed E-state index contributed by atoms with van der Waals surface area (Å²) in [6.45, 7) is 1.98. The lowest BCUT2D eigenvalue weighted by molar-refractivity contribution is -0.139. The first-order valence-corrected chi connectivity index (χ1v) is 6.74. The second kappa shape index (κ2) is 6.87. The van der Waals surface area contributed by atoms with Gasteiger partial charge in [0, 0.05) is 6.04 Å². The Kier molecular flexibility index (Phi) is 4.91. The third-order valence-corrected chi connectivity index (χ3v) is 3.33. The molecule has 20 heavy (non-hydrogen) atoms. The van der Waals surface area contributed by atoms with Gasteiger partial charge in [-0.15, -0.1) is 0 Å². The first-order valence-electron chi connectivity index (χ1n) is 6.74. The van der Waals surface area contributed by atoms with E-state index in [0.29, 0.717) is 6.42 Å².